The summed E-state index contributed by atoms with van der Waals surface area (Å²) >= 11 is 0. The third-order valence-corrected chi connectivity index (χ3v) is 2.51. The molecule has 1 heterocycles. The van der Waals surface area contributed by atoms with Crippen molar-refractivity contribution in [2.45, 2.75) is 13.5 Å². The van der Waals surface area contributed by atoms with Gasteiger partial charge in [-0.25, -0.2) is 4.39 Å². The lowest BCUT2D eigenvalue weighted by Crippen LogP contribution is -1.99. The van der Waals surface area contributed by atoms with Crippen LogP contribution in [0.15, 0.2) is 42.6 Å². The molecule has 0 saturated carbocycles. The van der Waals surface area contributed by atoms with Gasteiger partial charge in [0.2, 0.25) is 5.78 Å². The summed E-state index contributed by atoms with van der Waals surface area (Å²) in [5, 5.41) is 4.11. The minimum atomic E-state index is -0.292. The number of halogens is 1. The number of aromatic nitrogens is 2. The molecule has 2 aromatic rings. The van der Waals surface area contributed by atoms with Gasteiger partial charge in [-0.1, -0.05) is 18.2 Å². The highest BCUT2D eigenvalue weighted by atomic mass is 19.1. The smallest absolute Gasteiger partial charge is 0.206 e. The number of hydrogen-bond donors (Lipinski definition) is 0. The minimum absolute atomic E-state index is 0.161. The molecule has 0 aliphatic heterocycles. The lowest BCUT2D eigenvalue weighted by atomic mass is 10.2. The van der Waals surface area contributed by atoms with E-state index in [-0.39, 0.29) is 11.6 Å². The molecule has 0 bridgehead atoms. The maximum absolute atomic E-state index is 12.7. The summed E-state index contributed by atoms with van der Waals surface area (Å²) in [5.41, 5.74) is 1.19. The first-order valence-electron chi connectivity index (χ1n) is 5.70. The zero-order valence-electron chi connectivity index (χ0n) is 10.0. The number of benzene rings is 1. The fourth-order valence-electron chi connectivity index (χ4n) is 1.50. The molecule has 0 radical (unpaired) electrons. The van der Waals surface area contributed by atoms with E-state index in [1.54, 1.807) is 35.2 Å². The minimum Gasteiger partial charge on any atom is -0.287 e. The van der Waals surface area contributed by atoms with Crippen LogP contribution in [0.5, 0.6) is 0 Å². The van der Waals surface area contributed by atoms with E-state index < -0.39 is 0 Å². The fraction of sp³-hybridized carbons (Fsp3) is 0.143. The molecule has 0 atom stereocenters. The van der Waals surface area contributed by atoms with Gasteiger partial charge in [0.05, 0.1) is 0 Å². The quantitative estimate of drug-likeness (QED) is 0.612. The molecule has 0 amide bonds. The van der Waals surface area contributed by atoms with Crippen LogP contribution < -0.4 is 0 Å². The zero-order chi connectivity index (χ0) is 13.0. The molecule has 1 aromatic heterocycles. The van der Waals surface area contributed by atoms with E-state index in [1.165, 1.54) is 18.2 Å². The summed E-state index contributed by atoms with van der Waals surface area (Å²) in [5.74, 6) is -0.452. The van der Waals surface area contributed by atoms with Crippen LogP contribution in [0.25, 0.3) is 6.08 Å². The van der Waals surface area contributed by atoms with Crippen LogP contribution in [0.4, 0.5) is 4.39 Å². The second-order valence-corrected chi connectivity index (χ2v) is 3.81. The summed E-state index contributed by atoms with van der Waals surface area (Å²) in [6.45, 7) is 2.69. The standard InChI is InChI=1S/C14H13FN2O/c1-2-17-10-9-13(16-17)14(18)8-5-11-3-6-12(15)7-4-11/h3-10H,2H2,1H3. The molecular weight excluding hydrogens is 231 g/mol. The van der Waals surface area contributed by atoms with Gasteiger partial charge in [-0.2, -0.15) is 5.10 Å². The second-order valence-electron chi connectivity index (χ2n) is 3.81. The maximum atomic E-state index is 12.7. The highest BCUT2D eigenvalue weighted by Gasteiger charge is 2.05. The third-order valence-electron chi connectivity index (χ3n) is 2.51. The van der Waals surface area contributed by atoms with E-state index in [0.717, 1.165) is 12.1 Å². The van der Waals surface area contributed by atoms with Crippen molar-refractivity contribution in [3.63, 3.8) is 0 Å². The van der Waals surface area contributed by atoms with Crippen molar-refractivity contribution in [1.29, 1.82) is 0 Å². The molecule has 0 fully saturated rings. The van der Waals surface area contributed by atoms with E-state index in [2.05, 4.69) is 5.10 Å². The fourth-order valence-corrected chi connectivity index (χ4v) is 1.50. The summed E-state index contributed by atoms with van der Waals surface area (Å²) in [4.78, 5) is 11.8. The van der Waals surface area contributed by atoms with Crippen LogP contribution >= 0.6 is 0 Å². The molecular formula is C14H13FN2O. The van der Waals surface area contributed by atoms with Gasteiger partial charge in [-0.3, -0.25) is 9.48 Å². The van der Waals surface area contributed by atoms with E-state index >= 15 is 0 Å². The van der Waals surface area contributed by atoms with Gasteiger partial charge in [0.15, 0.2) is 0 Å². The summed E-state index contributed by atoms with van der Waals surface area (Å²) in [6.07, 6.45) is 4.85. The van der Waals surface area contributed by atoms with Crippen LogP contribution in [-0.4, -0.2) is 15.6 Å². The Morgan fingerprint density at radius 1 is 1.33 bits per heavy atom. The highest BCUT2D eigenvalue weighted by molar-refractivity contribution is 6.05. The van der Waals surface area contributed by atoms with Crippen molar-refractivity contribution in [2.24, 2.45) is 0 Å². The average molecular weight is 244 g/mol. The Morgan fingerprint density at radius 3 is 2.67 bits per heavy atom. The molecule has 3 nitrogen and oxygen atoms in total. The summed E-state index contributed by atoms with van der Waals surface area (Å²) in [6, 6.07) is 7.63. The summed E-state index contributed by atoms with van der Waals surface area (Å²) in [7, 11) is 0. The van der Waals surface area contributed by atoms with Crippen LogP contribution in [-0.2, 0) is 6.54 Å². The molecule has 92 valence electrons. The predicted molar refractivity (Wildman–Crippen MR) is 67.7 cm³/mol. The molecule has 0 spiro atoms. The molecule has 0 aliphatic rings. The maximum Gasteiger partial charge on any atom is 0.206 e. The number of carbonyl (C=O) groups excluding carboxylic acids is 1. The van der Waals surface area contributed by atoms with Gasteiger partial charge in [0.25, 0.3) is 0 Å². The first-order chi connectivity index (χ1) is 8.69. The number of rotatable bonds is 4. The van der Waals surface area contributed by atoms with Gasteiger partial charge in [-0.15, -0.1) is 0 Å². The van der Waals surface area contributed by atoms with Crippen LogP contribution in [0.1, 0.15) is 23.0 Å². The molecule has 2 rings (SSSR count). The van der Waals surface area contributed by atoms with Crippen molar-refractivity contribution >= 4 is 11.9 Å². The Labute approximate surface area is 105 Å². The van der Waals surface area contributed by atoms with Crippen molar-refractivity contribution < 1.29 is 9.18 Å². The SMILES string of the molecule is CCn1ccc(C(=O)C=Cc2ccc(F)cc2)n1. The number of carbonyl (C=O) groups is 1. The molecule has 0 unspecified atom stereocenters. The van der Waals surface area contributed by atoms with E-state index in [0.29, 0.717) is 5.69 Å². The molecule has 0 N–H and O–H groups in total. The first kappa shape index (κ1) is 12.2. The van der Waals surface area contributed by atoms with Crippen molar-refractivity contribution in [1.82, 2.24) is 9.78 Å². The lowest BCUT2D eigenvalue weighted by molar-refractivity contribution is 0.104. The Kier molecular flexibility index (Phi) is 3.67. The lowest BCUT2D eigenvalue weighted by Gasteiger charge is -1.93. The number of ketones is 1. The van der Waals surface area contributed by atoms with Crippen LogP contribution in [0.2, 0.25) is 0 Å². The first-order valence-corrected chi connectivity index (χ1v) is 5.70. The number of allylic oxidation sites excluding steroid dienone is 1. The van der Waals surface area contributed by atoms with E-state index in [1.807, 2.05) is 6.92 Å². The van der Waals surface area contributed by atoms with Gasteiger partial charge in [0, 0.05) is 12.7 Å². The third kappa shape index (κ3) is 2.91. The van der Waals surface area contributed by atoms with Crippen molar-refractivity contribution in [2.75, 3.05) is 0 Å². The van der Waals surface area contributed by atoms with Gasteiger partial charge >= 0.3 is 0 Å². The Morgan fingerprint density at radius 2 is 2.06 bits per heavy atom. The monoisotopic (exact) mass is 244 g/mol. The number of nitrogens with zero attached hydrogens (tertiary/aromatic N) is 2. The van der Waals surface area contributed by atoms with Crippen LogP contribution in [0.3, 0.4) is 0 Å². The van der Waals surface area contributed by atoms with Gasteiger partial charge in [0.1, 0.15) is 11.5 Å². The molecule has 0 saturated heterocycles. The molecule has 18 heavy (non-hydrogen) atoms. The van der Waals surface area contributed by atoms with Gasteiger partial charge in [-0.05, 0) is 36.8 Å². The van der Waals surface area contributed by atoms with Gasteiger partial charge < -0.3 is 0 Å². The number of hydrogen-bond acceptors (Lipinski definition) is 2. The number of aryl methyl sites for hydroxylation is 1. The summed E-state index contributed by atoms with van der Waals surface area (Å²) < 4.78 is 14.4. The topological polar surface area (TPSA) is 34.9 Å². The Bertz CT molecular complexity index is 570. The Balaban J connectivity index is 2.09. The molecule has 1 aromatic carbocycles. The van der Waals surface area contributed by atoms with Crippen molar-refractivity contribution in [3.05, 3.63) is 59.7 Å². The molecule has 0 aliphatic carbocycles. The Hall–Kier alpha value is -2.23. The van der Waals surface area contributed by atoms with Crippen LogP contribution in [0, 0.1) is 5.82 Å². The normalized spacial score (nSPS) is 11.0. The molecule has 4 heteroatoms. The zero-order valence-corrected chi connectivity index (χ0v) is 10.0. The second kappa shape index (κ2) is 5.40. The van der Waals surface area contributed by atoms with E-state index in [9.17, 15) is 9.18 Å². The largest absolute Gasteiger partial charge is 0.287 e. The predicted octanol–water partition coefficient (Wildman–Crippen LogP) is 2.94. The highest BCUT2D eigenvalue weighted by Crippen LogP contribution is 2.06. The van der Waals surface area contributed by atoms with E-state index in [4.69, 9.17) is 0 Å². The average Bonchev–Trinajstić information content (AvgIpc) is 2.86. The van der Waals surface area contributed by atoms with Crippen molar-refractivity contribution in [3.8, 4) is 0 Å².